The minimum atomic E-state index is -0.517. The first-order valence-electron chi connectivity index (χ1n) is 29.4. The zero-order valence-electron chi connectivity index (χ0n) is 49.1. The number of piperidine rings is 2. The van der Waals surface area contributed by atoms with Crippen LogP contribution in [0.3, 0.4) is 0 Å². The largest absolute Gasteiger partial charge is 0.492 e. The lowest BCUT2D eigenvalue weighted by molar-refractivity contribution is -0.117. The Bertz CT molecular complexity index is 2920. The second-order valence-corrected chi connectivity index (χ2v) is 23.0. The number of carbonyl (C=O) groups excluding carboxylic acids is 2. The van der Waals surface area contributed by atoms with E-state index < -0.39 is 29.7 Å². The number of nitriles is 2. The van der Waals surface area contributed by atoms with E-state index in [0.29, 0.717) is 110 Å². The number of methoxy groups -OCH3 is 1. The fourth-order valence-corrected chi connectivity index (χ4v) is 11.8. The van der Waals surface area contributed by atoms with Crippen molar-refractivity contribution in [3.05, 3.63) is 82.6 Å². The third kappa shape index (κ3) is 17.0. The highest BCUT2D eigenvalue weighted by Crippen LogP contribution is 2.44. The van der Waals surface area contributed by atoms with Crippen molar-refractivity contribution in [2.24, 2.45) is 23.7 Å². The summed E-state index contributed by atoms with van der Waals surface area (Å²) in [4.78, 5) is 30.9. The van der Waals surface area contributed by atoms with Gasteiger partial charge in [0, 0.05) is 104 Å². The molecule has 19 nitrogen and oxygen atoms in total. The lowest BCUT2D eigenvalue weighted by Crippen LogP contribution is -2.49. The predicted octanol–water partition coefficient (Wildman–Crippen LogP) is 9.83. The van der Waals surface area contributed by atoms with Gasteiger partial charge in [-0.2, -0.15) is 10.5 Å². The first kappa shape index (κ1) is 62.3. The molecule has 0 aliphatic carbocycles. The van der Waals surface area contributed by atoms with E-state index in [1.54, 1.807) is 19.2 Å². The van der Waals surface area contributed by atoms with E-state index in [-0.39, 0.29) is 41.8 Å². The molecule has 4 aromatic carbocycles. The number of amides is 2. The number of ether oxygens (including phenoxy) is 5. The quantitative estimate of drug-likeness (QED) is 0.0278. The predicted molar refractivity (Wildman–Crippen MR) is 324 cm³/mol. The molecule has 4 aliphatic rings. The van der Waals surface area contributed by atoms with Gasteiger partial charge in [0.05, 0.1) is 65.7 Å². The summed E-state index contributed by atoms with van der Waals surface area (Å²) in [6, 6.07) is 21.9. The molecule has 4 aliphatic heterocycles. The fourth-order valence-electron chi connectivity index (χ4n) is 11.6. The molecule has 2 amide bonds. The van der Waals surface area contributed by atoms with Crippen LogP contribution in [0, 0.1) is 52.2 Å². The molecule has 4 aromatic rings. The van der Waals surface area contributed by atoms with E-state index >= 15 is 4.39 Å². The maximum Gasteiger partial charge on any atom is 0.224 e. The highest BCUT2D eigenvalue weighted by molar-refractivity contribution is 6.32. The van der Waals surface area contributed by atoms with E-state index in [9.17, 15) is 20.1 Å². The van der Waals surface area contributed by atoms with Crippen LogP contribution in [0.25, 0.3) is 0 Å². The molecule has 83 heavy (non-hydrogen) atoms. The number of nitrogens with one attached hydrogen (secondary N) is 8. The summed E-state index contributed by atoms with van der Waals surface area (Å²) >= 11 is 6.76. The van der Waals surface area contributed by atoms with E-state index in [4.69, 9.17) is 35.3 Å². The molecule has 8 rings (SSSR count). The SMILES string of the molecule is CCOc1cc2c(cc1NC(=O)CCCN(C)C)C(Nc1ccc(OCC3NCC(CN(C)CCCC(=O)Nc4cc5c(cc4OCC)NCC(C#N)C5Nc4ccc(OCC5CCCC(OC)N5)c(Cl)c4)CC3C)c(F)c1)C(C#N)CN2. The molecule has 8 N–H and O–H groups in total. The summed E-state index contributed by atoms with van der Waals surface area (Å²) in [6.45, 7) is 11.5. The van der Waals surface area contributed by atoms with E-state index in [0.717, 1.165) is 80.1 Å². The summed E-state index contributed by atoms with van der Waals surface area (Å²) in [7, 11) is 7.72. The number of nitrogens with zero attached hydrogens (tertiary/aromatic N) is 4. The van der Waals surface area contributed by atoms with Gasteiger partial charge in [0.25, 0.3) is 0 Å². The van der Waals surface area contributed by atoms with Gasteiger partial charge in [-0.3, -0.25) is 14.9 Å². The Morgan fingerprint density at radius 2 is 1.31 bits per heavy atom. The van der Waals surface area contributed by atoms with Crippen molar-refractivity contribution in [1.29, 1.82) is 10.5 Å². The third-order valence-corrected chi connectivity index (χ3v) is 16.3. The first-order chi connectivity index (χ1) is 40.1. The van der Waals surface area contributed by atoms with E-state index in [2.05, 4.69) is 73.5 Å². The van der Waals surface area contributed by atoms with Crippen molar-refractivity contribution in [1.82, 2.24) is 20.4 Å². The number of halogens is 2. The van der Waals surface area contributed by atoms with Crippen LogP contribution in [-0.4, -0.2) is 134 Å². The van der Waals surface area contributed by atoms with E-state index in [1.165, 1.54) is 6.07 Å². The van der Waals surface area contributed by atoms with Gasteiger partial charge in [-0.1, -0.05) is 18.5 Å². The van der Waals surface area contributed by atoms with Crippen molar-refractivity contribution >= 4 is 57.5 Å². The van der Waals surface area contributed by atoms with Gasteiger partial charge in [0.2, 0.25) is 11.8 Å². The molecule has 4 heterocycles. The first-order valence-corrected chi connectivity index (χ1v) is 29.7. The second-order valence-electron chi connectivity index (χ2n) is 22.6. The third-order valence-electron chi connectivity index (χ3n) is 16.0. The molecule has 2 fully saturated rings. The van der Waals surface area contributed by atoms with Crippen LogP contribution in [0.2, 0.25) is 5.02 Å². The van der Waals surface area contributed by atoms with Gasteiger partial charge in [-0.15, -0.1) is 0 Å². The Kier molecular flexibility index (Phi) is 22.6. The molecule has 21 heteroatoms. The molecule has 0 bridgehead atoms. The molecular weight excluding hydrogens is 1080 g/mol. The molecule has 2 saturated heterocycles. The topological polar surface area (TPSA) is 231 Å². The molecule has 9 unspecified atom stereocenters. The van der Waals surface area contributed by atoms with Crippen LogP contribution in [0.5, 0.6) is 23.0 Å². The van der Waals surface area contributed by atoms with Crippen LogP contribution in [0.15, 0.2) is 60.7 Å². The van der Waals surface area contributed by atoms with Gasteiger partial charge in [-0.25, -0.2) is 4.39 Å². The summed E-state index contributed by atoms with van der Waals surface area (Å²) in [5, 5.41) is 47.9. The highest BCUT2D eigenvalue weighted by Gasteiger charge is 2.34. The van der Waals surface area contributed by atoms with Crippen molar-refractivity contribution in [2.75, 3.05) is 126 Å². The van der Waals surface area contributed by atoms with Crippen LogP contribution in [0.4, 0.5) is 38.5 Å². The number of rotatable bonds is 27. The molecule has 0 saturated carbocycles. The van der Waals surface area contributed by atoms with E-state index in [1.807, 2.05) is 75.3 Å². The van der Waals surface area contributed by atoms with Crippen LogP contribution >= 0.6 is 11.6 Å². The van der Waals surface area contributed by atoms with Gasteiger partial charge in [0.15, 0.2) is 11.6 Å². The van der Waals surface area contributed by atoms with Crippen LogP contribution in [0.1, 0.15) is 95.3 Å². The number of hydrogen-bond acceptors (Lipinski definition) is 17. The Balaban J connectivity index is 0.796. The number of hydrogen-bond donors (Lipinski definition) is 8. The maximum atomic E-state index is 15.8. The zero-order chi connectivity index (χ0) is 59.0. The lowest BCUT2D eigenvalue weighted by Gasteiger charge is -2.36. The van der Waals surface area contributed by atoms with Crippen molar-refractivity contribution in [3.8, 4) is 35.1 Å². The normalized spacial score (nSPS) is 22.8. The van der Waals surface area contributed by atoms with Crippen molar-refractivity contribution in [2.45, 2.75) is 103 Å². The highest BCUT2D eigenvalue weighted by atomic mass is 35.5. The van der Waals surface area contributed by atoms with Gasteiger partial charge in [-0.05, 0) is 147 Å². The van der Waals surface area contributed by atoms with Gasteiger partial charge in [0.1, 0.15) is 36.7 Å². The minimum Gasteiger partial charge on any atom is -0.492 e. The summed E-state index contributed by atoms with van der Waals surface area (Å²) in [6.07, 6.45) is 6.00. The second kappa shape index (κ2) is 30.2. The Morgan fingerprint density at radius 3 is 1.86 bits per heavy atom. The van der Waals surface area contributed by atoms with Crippen molar-refractivity contribution in [3.63, 3.8) is 0 Å². The summed E-state index contributed by atoms with van der Waals surface area (Å²) in [5.74, 6) is 0.733. The van der Waals surface area contributed by atoms with Crippen molar-refractivity contribution < 1.29 is 37.7 Å². The Labute approximate surface area is 494 Å². The lowest BCUT2D eigenvalue weighted by atomic mass is 9.86. The average Bonchev–Trinajstić information content (AvgIpc) is 3.29. The Morgan fingerprint density at radius 1 is 0.735 bits per heavy atom. The standard InChI is InChI=1S/C62H84ClFN12O7/c1-8-80-56-29-50-46(27-51(56)73-58(77)14-11-21-75(4)5)62(41(31-66)34-69-50)72-43-18-20-55(48(64)25-43)83-37-53-38(3)23-39(32-67-53)35-76(6)22-12-15-59(78)74-52-26-45-49(28-57(52)81-9-2)68-33-40(30-65)61(45)71-42-17-19-54(47(63)24-42)82-36-44-13-10-16-60(70-44)79-7/h17-20,24-29,38-41,44,53,60-62,67-72H,8-16,21-23,32-37H2,1-7H3,(H,73,77)(H,74,78). The monoisotopic (exact) mass is 1160 g/mol. The number of benzene rings is 4. The number of fused-ring (bicyclic) bond motifs is 2. The zero-order valence-corrected chi connectivity index (χ0v) is 49.9. The van der Waals surface area contributed by atoms with Crippen LogP contribution < -0.4 is 61.5 Å². The maximum absolute atomic E-state index is 15.8. The molecule has 0 spiro atoms. The summed E-state index contributed by atoms with van der Waals surface area (Å²) < 4.78 is 45.5. The number of carbonyl (C=O) groups is 2. The Hall–Kier alpha value is -6.78. The molecule has 0 aromatic heterocycles. The minimum absolute atomic E-state index is 0.0189. The van der Waals surface area contributed by atoms with Crippen LogP contribution in [-0.2, 0) is 14.3 Å². The fraction of sp³-hybridized carbons (Fsp3) is 0.548. The molecular formula is C62H84ClFN12O7. The number of anilines is 6. The van der Waals surface area contributed by atoms with Gasteiger partial charge < -0.3 is 70.7 Å². The summed E-state index contributed by atoms with van der Waals surface area (Å²) in [5.41, 5.74) is 5.46. The smallest absolute Gasteiger partial charge is 0.224 e. The van der Waals surface area contributed by atoms with Gasteiger partial charge >= 0.3 is 0 Å². The average molecular weight is 1160 g/mol. The molecule has 0 radical (unpaired) electrons. The molecule has 9 atom stereocenters. The molecule has 448 valence electrons.